The Morgan fingerprint density at radius 2 is 1.30 bits per heavy atom. The van der Waals surface area contributed by atoms with Gasteiger partial charge in [-0.25, -0.2) is 11.0 Å². The average Bonchev–Trinajstić information content (AvgIpc) is 3.35. The minimum atomic E-state index is -0.687. The number of carbonyl (C=O) groups is 2. The molecule has 2 amide bonds. The molecule has 0 spiro atoms. The summed E-state index contributed by atoms with van der Waals surface area (Å²) < 4.78 is 10.3. The van der Waals surface area contributed by atoms with Crippen molar-refractivity contribution < 1.29 is 29.5 Å². The van der Waals surface area contributed by atoms with Crippen LogP contribution in [0.25, 0.3) is 0 Å². The summed E-state index contributed by atoms with van der Waals surface area (Å²) >= 11 is 0. The summed E-state index contributed by atoms with van der Waals surface area (Å²) in [6.07, 6.45) is -0.580. The van der Waals surface area contributed by atoms with E-state index in [-0.39, 0.29) is 23.3 Å². The van der Waals surface area contributed by atoms with E-state index in [0.717, 1.165) is 0 Å². The maximum absolute atomic E-state index is 11.7. The van der Waals surface area contributed by atoms with Gasteiger partial charge in [-0.15, -0.1) is 0 Å². The highest BCUT2D eigenvalue weighted by atomic mass is 16.6. The monoisotopic (exact) mass is 280 g/mol. The van der Waals surface area contributed by atoms with Crippen molar-refractivity contribution in [3.63, 3.8) is 0 Å². The Morgan fingerprint density at radius 3 is 1.55 bits per heavy atom. The molecule has 0 saturated carbocycles. The minimum absolute atomic E-state index is 0.218. The molecule has 1 aromatic rings. The fourth-order valence-electron chi connectivity index (χ4n) is 2.14. The molecule has 8 heteroatoms. The van der Waals surface area contributed by atoms with Crippen LogP contribution >= 0.6 is 0 Å². The van der Waals surface area contributed by atoms with Crippen LogP contribution < -0.4 is 11.0 Å². The molecule has 2 saturated heterocycles. The molecule has 106 valence electrons. The number of hydrogen-bond donors (Lipinski definition) is 4. The standard InChI is InChI=1S/C12H12N2O6/c15-11(13-17)7-1-5(9-3-19-9)8(12(16)14-18)2-6(7)10-4-20-10/h1-2,9-10,17-18H,3-4H2,(H,13,15)(H,14,16). The van der Waals surface area contributed by atoms with Crippen LogP contribution in [0.5, 0.6) is 0 Å². The zero-order valence-corrected chi connectivity index (χ0v) is 10.3. The van der Waals surface area contributed by atoms with Gasteiger partial charge in [0.1, 0.15) is 12.2 Å². The van der Waals surface area contributed by atoms with Gasteiger partial charge in [0.2, 0.25) is 0 Å². The van der Waals surface area contributed by atoms with Gasteiger partial charge in [-0.2, -0.15) is 0 Å². The first-order chi connectivity index (χ1) is 9.65. The molecule has 0 aromatic heterocycles. The summed E-state index contributed by atoms with van der Waals surface area (Å²) in [4.78, 5) is 23.4. The van der Waals surface area contributed by atoms with E-state index >= 15 is 0 Å². The molecule has 2 aliphatic rings. The number of carbonyl (C=O) groups excluding carboxylic acids is 2. The number of hydroxylamine groups is 2. The summed E-state index contributed by atoms with van der Waals surface area (Å²) in [7, 11) is 0. The van der Waals surface area contributed by atoms with Gasteiger partial charge in [0.25, 0.3) is 11.8 Å². The molecular formula is C12H12N2O6. The Hall–Kier alpha value is -2.00. The number of benzene rings is 1. The van der Waals surface area contributed by atoms with Crippen LogP contribution in [-0.2, 0) is 9.47 Å². The fraction of sp³-hybridized carbons (Fsp3) is 0.333. The molecule has 2 aliphatic heterocycles. The van der Waals surface area contributed by atoms with E-state index in [2.05, 4.69) is 0 Å². The van der Waals surface area contributed by atoms with Crippen LogP contribution in [0, 0.1) is 0 Å². The molecule has 2 fully saturated rings. The minimum Gasteiger partial charge on any atom is -0.368 e. The van der Waals surface area contributed by atoms with E-state index in [9.17, 15) is 9.59 Å². The smallest absolute Gasteiger partial charge is 0.275 e. The lowest BCUT2D eigenvalue weighted by atomic mass is 9.94. The van der Waals surface area contributed by atoms with E-state index in [1.54, 1.807) is 11.0 Å². The maximum atomic E-state index is 11.7. The van der Waals surface area contributed by atoms with E-state index in [4.69, 9.17) is 19.9 Å². The maximum Gasteiger partial charge on any atom is 0.275 e. The van der Waals surface area contributed by atoms with Crippen LogP contribution in [0.2, 0.25) is 0 Å². The number of epoxide rings is 2. The SMILES string of the molecule is O=C(NO)c1cc(C2CO2)c(C(=O)NO)cc1C1CO1. The second-order valence-electron chi connectivity index (χ2n) is 4.55. The molecule has 0 radical (unpaired) electrons. The summed E-state index contributed by atoms with van der Waals surface area (Å²) in [5, 5.41) is 17.6. The van der Waals surface area contributed by atoms with E-state index in [1.165, 1.54) is 12.1 Å². The molecule has 1 aromatic carbocycles. The predicted molar refractivity (Wildman–Crippen MR) is 62.3 cm³/mol. The topological polar surface area (TPSA) is 124 Å². The molecule has 2 atom stereocenters. The van der Waals surface area contributed by atoms with Crippen molar-refractivity contribution >= 4 is 11.8 Å². The van der Waals surface area contributed by atoms with Gasteiger partial charge < -0.3 is 9.47 Å². The zero-order chi connectivity index (χ0) is 14.3. The third-order valence-electron chi connectivity index (χ3n) is 3.27. The van der Waals surface area contributed by atoms with Gasteiger partial charge in [0, 0.05) is 11.1 Å². The average molecular weight is 280 g/mol. The van der Waals surface area contributed by atoms with Crippen molar-refractivity contribution in [2.45, 2.75) is 12.2 Å². The van der Waals surface area contributed by atoms with Crippen molar-refractivity contribution in [2.24, 2.45) is 0 Å². The second kappa shape index (κ2) is 4.84. The van der Waals surface area contributed by atoms with Crippen molar-refractivity contribution in [3.05, 3.63) is 34.4 Å². The van der Waals surface area contributed by atoms with Gasteiger partial charge in [-0.3, -0.25) is 20.0 Å². The van der Waals surface area contributed by atoms with Crippen LogP contribution in [0.4, 0.5) is 0 Å². The Bertz CT molecular complexity index is 528. The first-order valence-electron chi connectivity index (χ1n) is 5.95. The highest BCUT2D eigenvalue weighted by Crippen LogP contribution is 2.38. The van der Waals surface area contributed by atoms with Crippen molar-refractivity contribution in [3.8, 4) is 0 Å². The van der Waals surface area contributed by atoms with Crippen LogP contribution in [-0.4, -0.2) is 35.4 Å². The number of rotatable bonds is 4. The Balaban J connectivity index is 2.12. The van der Waals surface area contributed by atoms with Gasteiger partial charge >= 0.3 is 0 Å². The predicted octanol–water partition coefficient (Wildman–Crippen LogP) is 0.0672. The Morgan fingerprint density at radius 1 is 0.950 bits per heavy atom. The first kappa shape index (κ1) is 13.0. The van der Waals surface area contributed by atoms with Crippen molar-refractivity contribution in [1.29, 1.82) is 0 Å². The molecule has 2 heterocycles. The Labute approximate surface area is 113 Å². The number of nitrogens with one attached hydrogen (secondary N) is 2. The van der Waals surface area contributed by atoms with Gasteiger partial charge in [-0.05, 0) is 23.3 Å². The third kappa shape index (κ3) is 2.25. The molecular weight excluding hydrogens is 268 g/mol. The molecule has 8 nitrogen and oxygen atoms in total. The Kier molecular flexibility index (Phi) is 3.14. The molecule has 20 heavy (non-hydrogen) atoms. The molecule has 4 N–H and O–H groups in total. The van der Waals surface area contributed by atoms with Crippen LogP contribution in [0.15, 0.2) is 12.1 Å². The number of ether oxygens (including phenoxy) is 2. The summed E-state index contributed by atoms with van der Waals surface area (Å²) in [6.45, 7) is 0.871. The van der Waals surface area contributed by atoms with E-state index < -0.39 is 11.8 Å². The van der Waals surface area contributed by atoms with Crippen molar-refractivity contribution in [2.75, 3.05) is 13.2 Å². The summed E-state index contributed by atoms with van der Waals surface area (Å²) in [6, 6.07) is 2.95. The third-order valence-corrected chi connectivity index (χ3v) is 3.27. The molecule has 2 unspecified atom stereocenters. The lowest BCUT2D eigenvalue weighted by Gasteiger charge is -2.12. The quantitative estimate of drug-likeness (QED) is 0.351. The summed E-state index contributed by atoms with van der Waals surface area (Å²) in [5.41, 5.74) is 4.54. The number of amides is 2. The van der Waals surface area contributed by atoms with E-state index in [1.807, 2.05) is 0 Å². The largest absolute Gasteiger partial charge is 0.368 e. The van der Waals surface area contributed by atoms with Crippen molar-refractivity contribution in [1.82, 2.24) is 11.0 Å². The van der Waals surface area contributed by atoms with Gasteiger partial charge in [0.05, 0.1) is 13.2 Å². The van der Waals surface area contributed by atoms with Crippen LogP contribution in [0.3, 0.4) is 0 Å². The lowest BCUT2D eigenvalue weighted by molar-refractivity contribution is 0.0695. The van der Waals surface area contributed by atoms with Gasteiger partial charge in [-0.1, -0.05) is 0 Å². The van der Waals surface area contributed by atoms with Crippen LogP contribution in [0.1, 0.15) is 44.1 Å². The molecule has 0 bridgehead atoms. The second-order valence-corrected chi connectivity index (χ2v) is 4.55. The fourth-order valence-corrected chi connectivity index (χ4v) is 2.14. The highest BCUT2D eigenvalue weighted by molar-refractivity contribution is 6.00. The highest BCUT2D eigenvalue weighted by Gasteiger charge is 2.35. The lowest BCUT2D eigenvalue weighted by Crippen LogP contribution is -2.24. The van der Waals surface area contributed by atoms with E-state index in [0.29, 0.717) is 24.3 Å². The molecule has 3 rings (SSSR count). The summed E-state index contributed by atoms with van der Waals surface area (Å²) in [5.74, 6) is -1.37. The van der Waals surface area contributed by atoms with Gasteiger partial charge in [0.15, 0.2) is 0 Å². The first-order valence-corrected chi connectivity index (χ1v) is 5.95. The number of hydrogen-bond acceptors (Lipinski definition) is 6. The zero-order valence-electron chi connectivity index (χ0n) is 10.3. The molecule has 0 aliphatic carbocycles. The normalized spacial score (nSPS) is 23.1.